The molecule has 1 aromatic heterocycles. The van der Waals surface area contributed by atoms with Crippen LogP contribution in [-0.4, -0.2) is 4.57 Å². The molecule has 3 heteroatoms. The van der Waals surface area contributed by atoms with Gasteiger partial charge in [-0.25, -0.2) is 0 Å². The maximum Gasteiger partial charge on any atom is 0.0582 e. The van der Waals surface area contributed by atoms with Crippen molar-refractivity contribution in [1.82, 2.24) is 4.57 Å². The minimum absolute atomic E-state index is 0.213. The average molecular weight is 1040 g/mol. The van der Waals surface area contributed by atoms with Gasteiger partial charge in [-0.15, -0.1) is 0 Å². The molecule has 81 heavy (non-hydrogen) atoms. The lowest BCUT2D eigenvalue weighted by atomic mass is 9.68. The van der Waals surface area contributed by atoms with E-state index in [1.165, 1.54) is 134 Å². The van der Waals surface area contributed by atoms with Crippen molar-refractivity contribution in [2.45, 2.75) is 89.9 Å². The Bertz CT molecular complexity index is 4520. The SMILES string of the molecule is CC1(C)c2cc(-c3cc4c5c(c3)c3cc(-c6ccc7c(c6)C(C)(C)c6cc(N(c8ccccc8)c8ccccc8)ccc6-7)cc6c3n5-c3c(cccc3C6(C)C)C4(C)C)ccc2-c2ccc(N(C3=CC=CCC3)c3ccccc3)cc21. The van der Waals surface area contributed by atoms with Gasteiger partial charge in [-0.2, -0.15) is 0 Å². The van der Waals surface area contributed by atoms with Crippen LogP contribution in [0.25, 0.3) is 72.0 Å². The first-order valence-corrected chi connectivity index (χ1v) is 29.2. The van der Waals surface area contributed by atoms with Crippen LogP contribution >= 0.6 is 0 Å². The lowest BCUT2D eigenvalue weighted by Gasteiger charge is -2.42. The molecule has 0 radical (unpaired) electrons. The van der Waals surface area contributed by atoms with Crippen LogP contribution in [0.15, 0.2) is 230 Å². The first-order valence-electron chi connectivity index (χ1n) is 29.2. The van der Waals surface area contributed by atoms with E-state index in [4.69, 9.17) is 0 Å². The number of benzene rings is 10. The van der Waals surface area contributed by atoms with Crippen molar-refractivity contribution in [3.05, 3.63) is 275 Å². The number of hydrogen-bond donors (Lipinski definition) is 0. The van der Waals surface area contributed by atoms with E-state index in [0.717, 1.165) is 29.9 Å². The molecule has 2 aliphatic heterocycles. The number of allylic oxidation sites excluding steroid dienone is 4. The van der Waals surface area contributed by atoms with Gasteiger partial charge < -0.3 is 14.4 Å². The van der Waals surface area contributed by atoms with Gasteiger partial charge in [-0.05, 0) is 205 Å². The molecule has 5 aliphatic rings. The molecule has 10 aromatic carbocycles. The highest BCUT2D eigenvalue weighted by atomic mass is 15.2. The fourth-order valence-corrected chi connectivity index (χ4v) is 15.4. The molecule has 392 valence electrons. The Hall–Kier alpha value is -8.92. The Morgan fingerprint density at radius 2 is 0.728 bits per heavy atom. The molecule has 0 spiro atoms. The third-order valence-electron chi connectivity index (χ3n) is 19.7. The van der Waals surface area contributed by atoms with E-state index in [2.05, 4.69) is 294 Å². The predicted octanol–water partition coefficient (Wildman–Crippen LogP) is 20.9. The smallest absolute Gasteiger partial charge is 0.0582 e. The largest absolute Gasteiger partial charge is 0.314 e. The first-order chi connectivity index (χ1) is 39.2. The predicted molar refractivity (Wildman–Crippen MR) is 341 cm³/mol. The normalized spacial score (nSPS) is 16.5. The third-order valence-corrected chi connectivity index (χ3v) is 19.7. The minimum atomic E-state index is -0.241. The summed E-state index contributed by atoms with van der Waals surface area (Å²) in [6, 6.07) is 78.7. The second kappa shape index (κ2) is 16.8. The van der Waals surface area contributed by atoms with Crippen molar-refractivity contribution in [3.8, 4) is 50.2 Å². The molecule has 3 aliphatic carbocycles. The Labute approximate surface area is 476 Å². The number of fused-ring (bicyclic) bond motifs is 7. The van der Waals surface area contributed by atoms with E-state index in [9.17, 15) is 0 Å². The Kier molecular flexibility index (Phi) is 9.97. The lowest BCUT2D eigenvalue weighted by Crippen LogP contribution is -2.33. The summed E-state index contributed by atoms with van der Waals surface area (Å²) in [5, 5.41) is 2.66. The first kappa shape index (κ1) is 48.0. The van der Waals surface area contributed by atoms with E-state index in [-0.39, 0.29) is 21.7 Å². The number of nitrogens with zero attached hydrogens (tertiary/aromatic N) is 3. The number of aromatic nitrogens is 1. The van der Waals surface area contributed by atoms with E-state index in [1.807, 2.05) is 0 Å². The van der Waals surface area contributed by atoms with Gasteiger partial charge >= 0.3 is 0 Å². The zero-order valence-corrected chi connectivity index (χ0v) is 47.6. The molecular weight excluding hydrogens is 979 g/mol. The number of para-hydroxylation sites is 4. The molecule has 3 nitrogen and oxygen atoms in total. The minimum Gasteiger partial charge on any atom is -0.314 e. The van der Waals surface area contributed by atoms with E-state index < -0.39 is 0 Å². The zero-order valence-electron chi connectivity index (χ0n) is 47.6. The van der Waals surface area contributed by atoms with Crippen LogP contribution in [0.2, 0.25) is 0 Å². The van der Waals surface area contributed by atoms with Crippen LogP contribution in [0.1, 0.15) is 113 Å². The fourth-order valence-electron chi connectivity index (χ4n) is 15.4. The van der Waals surface area contributed by atoms with Crippen molar-refractivity contribution < 1.29 is 0 Å². The molecule has 11 aromatic rings. The molecule has 0 unspecified atom stereocenters. The molecule has 0 saturated carbocycles. The average Bonchev–Trinajstić information content (AvgIpc) is 2.69. The lowest BCUT2D eigenvalue weighted by molar-refractivity contribution is 0.594. The van der Waals surface area contributed by atoms with Crippen LogP contribution in [0, 0.1) is 0 Å². The monoisotopic (exact) mass is 1040 g/mol. The van der Waals surface area contributed by atoms with Gasteiger partial charge in [0.15, 0.2) is 0 Å². The summed E-state index contributed by atoms with van der Waals surface area (Å²) in [5.74, 6) is 0. The number of hydrogen-bond acceptors (Lipinski definition) is 2. The second-order valence-electron chi connectivity index (χ2n) is 25.7. The molecule has 3 heterocycles. The van der Waals surface area contributed by atoms with Crippen molar-refractivity contribution in [1.29, 1.82) is 0 Å². The highest BCUT2D eigenvalue weighted by molar-refractivity contribution is 6.16. The highest BCUT2D eigenvalue weighted by Gasteiger charge is 2.45. The molecular formula is C78H65N3. The molecule has 0 fully saturated rings. The maximum atomic E-state index is 2.68. The standard InChI is InChI=1S/C78H65N3/c1-75(2)64-30-21-31-65-74(64)81-72-62(40-50(44-70(72)75)48-32-36-58-60-38-34-56(46-68(60)77(5,6)66(58)42-48)79(52-22-13-9-14-23-52)53-24-15-10-16-25-53)63-41-51(45-71(73(63)81)76(65,3)4)49-33-37-59-61-39-35-57(47-69(61)78(7,8)67(59)43-49)80(54-26-17-11-18-27-54)55-28-19-12-20-29-55/h9-19,21-28,30-47H,20,29H2,1-8H3. The molecule has 0 bridgehead atoms. The van der Waals surface area contributed by atoms with Crippen LogP contribution in [0.3, 0.4) is 0 Å². The number of anilines is 5. The summed E-state index contributed by atoms with van der Waals surface area (Å²) in [6.07, 6.45) is 8.84. The van der Waals surface area contributed by atoms with Crippen LogP contribution < -0.4 is 9.80 Å². The summed E-state index contributed by atoms with van der Waals surface area (Å²) < 4.78 is 2.68. The summed E-state index contributed by atoms with van der Waals surface area (Å²) >= 11 is 0. The van der Waals surface area contributed by atoms with Gasteiger partial charge in [0.05, 0.1) is 16.7 Å². The van der Waals surface area contributed by atoms with Crippen LogP contribution in [0.4, 0.5) is 28.4 Å². The van der Waals surface area contributed by atoms with Crippen molar-refractivity contribution >= 4 is 50.2 Å². The fraction of sp³-hybridized carbons (Fsp3) is 0.179. The van der Waals surface area contributed by atoms with Gasteiger partial charge in [0.1, 0.15) is 0 Å². The van der Waals surface area contributed by atoms with Crippen molar-refractivity contribution in [3.63, 3.8) is 0 Å². The van der Waals surface area contributed by atoms with Crippen LogP contribution in [-0.2, 0) is 21.7 Å². The van der Waals surface area contributed by atoms with Gasteiger partial charge in [0.25, 0.3) is 0 Å². The van der Waals surface area contributed by atoms with Crippen molar-refractivity contribution in [2.24, 2.45) is 0 Å². The number of rotatable bonds is 8. The van der Waals surface area contributed by atoms with E-state index in [1.54, 1.807) is 0 Å². The Morgan fingerprint density at radius 1 is 0.333 bits per heavy atom. The zero-order chi connectivity index (χ0) is 54.9. The molecule has 16 rings (SSSR count). The topological polar surface area (TPSA) is 11.4 Å². The van der Waals surface area contributed by atoms with Gasteiger partial charge in [-0.1, -0.05) is 177 Å². The van der Waals surface area contributed by atoms with Crippen LogP contribution in [0.5, 0.6) is 0 Å². The summed E-state index contributed by atoms with van der Waals surface area (Å²) in [5.41, 5.74) is 31.8. The van der Waals surface area contributed by atoms with Gasteiger partial charge in [-0.3, -0.25) is 0 Å². The second-order valence-corrected chi connectivity index (χ2v) is 25.7. The molecule has 0 atom stereocenters. The molecule has 0 N–H and O–H groups in total. The summed E-state index contributed by atoms with van der Waals surface area (Å²) in [7, 11) is 0. The van der Waals surface area contributed by atoms with E-state index >= 15 is 0 Å². The van der Waals surface area contributed by atoms with Gasteiger partial charge in [0, 0.05) is 66.6 Å². The third kappa shape index (κ3) is 6.70. The van der Waals surface area contributed by atoms with Crippen molar-refractivity contribution in [2.75, 3.05) is 9.80 Å². The molecule has 0 saturated heterocycles. The Balaban J connectivity index is 0.838. The quantitative estimate of drug-likeness (QED) is 0.150. The summed E-state index contributed by atoms with van der Waals surface area (Å²) in [4.78, 5) is 4.85. The maximum absolute atomic E-state index is 2.68. The highest BCUT2D eigenvalue weighted by Crippen LogP contribution is 2.59. The Morgan fingerprint density at radius 3 is 1.17 bits per heavy atom. The van der Waals surface area contributed by atoms with E-state index in [0.29, 0.717) is 0 Å². The van der Waals surface area contributed by atoms with Gasteiger partial charge in [0.2, 0.25) is 0 Å². The molecule has 0 amide bonds. The summed E-state index contributed by atoms with van der Waals surface area (Å²) in [6.45, 7) is 19.5.